The minimum atomic E-state index is -0.635. The maximum Gasteiger partial charge on any atom is 0.311 e. The zero-order valence-corrected chi connectivity index (χ0v) is 10.7. The fourth-order valence-corrected chi connectivity index (χ4v) is 1.61. The van der Waals surface area contributed by atoms with E-state index >= 15 is 0 Å². The molecular weight excluding hydrogens is 269 g/mol. The smallest absolute Gasteiger partial charge is 0.311 e. The first kappa shape index (κ1) is 13.8. The zero-order chi connectivity index (χ0) is 14.5. The van der Waals surface area contributed by atoms with Gasteiger partial charge in [0.05, 0.1) is 4.92 Å². The van der Waals surface area contributed by atoms with Crippen molar-refractivity contribution in [2.45, 2.75) is 26.5 Å². The summed E-state index contributed by atoms with van der Waals surface area (Å²) in [7, 11) is 0. The molecule has 1 aromatic carbocycles. The van der Waals surface area contributed by atoms with Crippen LogP contribution in [0.4, 0.5) is 10.1 Å². The van der Waals surface area contributed by atoms with Crippen molar-refractivity contribution in [1.29, 1.82) is 0 Å². The Morgan fingerprint density at radius 2 is 2.30 bits per heavy atom. The van der Waals surface area contributed by atoms with Gasteiger partial charge in [0.1, 0.15) is 12.4 Å². The van der Waals surface area contributed by atoms with Gasteiger partial charge >= 0.3 is 5.69 Å². The number of hydrogen-bond acceptors (Lipinski definition) is 6. The highest BCUT2D eigenvalue weighted by atomic mass is 19.1. The molecule has 106 valence electrons. The molecule has 20 heavy (non-hydrogen) atoms. The van der Waals surface area contributed by atoms with Crippen molar-refractivity contribution >= 4 is 5.69 Å². The molecule has 0 radical (unpaired) electrons. The fourth-order valence-electron chi connectivity index (χ4n) is 1.61. The number of hydrogen-bond donors (Lipinski definition) is 0. The molecule has 0 saturated heterocycles. The maximum atomic E-state index is 13.1. The summed E-state index contributed by atoms with van der Waals surface area (Å²) >= 11 is 0. The number of nitrogens with zero attached hydrogens (tertiary/aromatic N) is 5. The molecule has 2 rings (SSSR count). The quantitative estimate of drug-likeness (QED) is 0.590. The number of nitro benzene ring substituents is 1. The monoisotopic (exact) mass is 281 g/mol. The van der Waals surface area contributed by atoms with Crippen LogP contribution in [0.5, 0.6) is 5.75 Å². The van der Waals surface area contributed by atoms with E-state index in [0.717, 1.165) is 24.6 Å². The van der Waals surface area contributed by atoms with E-state index in [1.165, 1.54) is 4.68 Å². The molecule has 0 aliphatic heterocycles. The van der Waals surface area contributed by atoms with Crippen LogP contribution >= 0.6 is 0 Å². The van der Waals surface area contributed by atoms with E-state index < -0.39 is 10.7 Å². The molecule has 0 saturated carbocycles. The van der Waals surface area contributed by atoms with Crippen LogP contribution in [0, 0.1) is 15.9 Å². The summed E-state index contributed by atoms with van der Waals surface area (Å²) in [6, 6.07) is 3.03. The number of benzene rings is 1. The Labute approximate surface area is 113 Å². The molecule has 0 spiro atoms. The van der Waals surface area contributed by atoms with Crippen LogP contribution in [0.1, 0.15) is 19.2 Å². The molecule has 0 aliphatic carbocycles. The number of tetrazole rings is 1. The Kier molecular flexibility index (Phi) is 4.18. The molecule has 1 heterocycles. The third kappa shape index (κ3) is 3.05. The molecule has 0 N–H and O–H groups in total. The van der Waals surface area contributed by atoms with Gasteiger partial charge in [-0.25, -0.2) is 9.07 Å². The number of aromatic nitrogens is 4. The summed E-state index contributed by atoms with van der Waals surface area (Å²) in [5, 5.41) is 21.8. The van der Waals surface area contributed by atoms with Crippen LogP contribution in [-0.2, 0) is 13.2 Å². The van der Waals surface area contributed by atoms with Gasteiger partial charge in [-0.2, -0.15) is 0 Å². The van der Waals surface area contributed by atoms with Crippen LogP contribution in [0.3, 0.4) is 0 Å². The van der Waals surface area contributed by atoms with Gasteiger partial charge in [-0.1, -0.05) is 6.92 Å². The first-order chi connectivity index (χ1) is 9.61. The molecule has 1 aromatic heterocycles. The lowest BCUT2D eigenvalue weighted by molar-refractivity contribution is -0.386. The maximum absolute atomic E-state index is 13.1. The number of halogens is 1. The minimum Gasteiger partial charge on any atom is -0.478 e. The first-order valence-electron chi connectivity index (χ1n) is 5.93. The lowest BCUT2D eigenvalue weighted by Gasteiger charge is -2.06. The van der Waals surface area contributed by atoms with E-state index in [4.69, 9.17) is 4.74 Å². The first-order valence-corrected chi connectivity index (χ1v) is 5.93. The largest absolute Gasteiger partial charge is 0.478 e. The van der Waals surface area contributed by atoms with Crippen molar-refractivity contribution in [2.24, 2.45) is 0 Å². The van der Waals surface area contributed by atoms with Crippen LogP contribution in [0.25, 0.3) is 0 Å². The van der Waals surface area contributed by atoms with E-state index in [9.17, 15) is 14.5 Å². The zero-order valence-electron chi connectivity index (χ0n) is 10.7. The second-order valence-corrected chi connectivity index (χ2v) is 3.98. The van der Waals surface area contributed by atoms with Gasteiger partial charge in [0.15, 0.2) is 11.6 Å². The van der Waals surface area contributed by atoms with Gasteiger partial charge in [0.2, 0.25) is 0 Å². The lowest BCUT2D eigenvalue weighted by Crippen LogP contribution is -2.09. The molecule has 0 amide bonds. The van der Waals surface area contributed by atoms with Crippen molar-refractivity contribution in [1.82, 2.24) is 20.2 Å². The summed E-state index contributed by atoms with van der Waals surface area (Å²) in [5.74, 6) is -0.342. The number of aryl methyl sites for hydroxylation is 1. The van der Waals surface area contributed by atoms with Crippen molar-refractivity contribution in [2.75, 3.05) is 0 Å². The average Bonchev–Trinajstić information content (AvgIpc) is 2.84. The summed E-state index contributed by atoms with van der Waals surface area (Å²) in [5.41, 5.74) is -0.305. The Bertz CT molecular complexity index is 616. The molecule has 9 heteroatoms. The molecule has 0 aliphatic rings. The molecule has 8 nitrogen and oxygen atoms in total. The lowest BCUT2D eigenvalue weighted by atomic mass is 10.3. The topological polar surface area (TPSA) is 96.0 Å². The van der Waals surface area contributed by atoms with E-state index in [-0.39, 0.29) is 18.0 Å². The average molecular weight is 281 g/mol. The second-order valence-electron chi connectivity index (χ2n) is 3.98. The van der Waals surface area contributed by atoms with Crippen LogP contribution in [-0.4, -0.2) is 25.1 Å². The van der Waals surface area contributed by atoms with Crippen molar-refractivity contribution in [3.63, 3.8) is 0 Å². The Balaban J connectivity index is 2.16. The third-order valence-electron chi connectivity index (χ3n) is 2.52. The van der Waals surface area contributed by atoms with Crippen molar-refractivity contribution < 1.29 is 14.1 Å². The van der Waals surface area contributed by atoms with Gasteiger partial charge in [0.25, 0.3) is 0 Å². The predicted molar refractivity (Wildman–Crippen MR) is 65.5 cm³/mol. The highest BCUT2D eigenvalue weighted by Gasteiger charge is 2.17. The molecule has 0 atom stereocenters. The van der Waals surface area contributed by atoms with E-state index in [2.05, 4.69) is 15.5 Å². The molecule has 2 aromatic rings. The van der Waals surface area contributed by atoms with Gasteiger partial charge < -0.3 is 4.74 Å². The van der Waals surface area contributed by atoms with Crippen LogP contribution < -0.4 is 4.74 Å². The van der Waals surface area contributed by atoms with Crippen molar-refractivity contribution in [3.05, 3.63) is 40.0 Å². The standard InChI is InChI=1S/C11H12FN5O3/c1-2-5-16-11(13-14-15-16)7-20-10-6-8(12)3-4-9(10)17(18)19/h3-4,6H,2,5,7H2,1H3. The summed E-state index contributed by atoms with van der Waals surface area (Å²) in [4.78, 5) is 10.2. The number of ether oxygens (including phenoxy) is 1. The summed E-state index contributed by atoms with van der Waals surface area (Å²) < 4.78 is 19.9. The Morgan fingerprint density at radius 1 is 1.50 bits per heavy atom. The minimum absolute atomic E-state index is 0.0721. The second kappa shape index (κ2) is 6.04. The van der Waals surface area contributed by atoms with E-state index in [1.54, 1.807) is 0 Å². The number of rotatable bonds is 6. The van der Waals surface area contributed by atoms with Crippen molar-refractivity contribution in [3.8, 4) is 5.75 Å². The normalized spacial score (nSPS) is 10.5. The third-order valence-corrected chi connectivity index (χ3v) is 2.52. The Hall–Kier alpha value is -2.58. The molecule has 0 bridgehead atoms. The highest BCUT2D eigenvalue weighted by molar-refractivity contribution is 5.46. The van der Waals surface area contributed by atoms with Gasteiger partial charge in [0, 0.05) is 18.7 Å². The SMILES string of the molecule is CCCn1nnnc1COc1cc(F)ccc1[N+](=O)[O-]. The van der Waals surface area contributed by atoms with Gasteiger partial charge in [-0.3, -0.25) is 10.1 Å². The molecule has 0 unspecified atom stereocenters. The van der Waals surface area contributed by atoms with Crippen LogP contribution in [0.2, 0.25) is 0 Å². The molecular formula is C11H12FN5O3. The molecule has 0 fully saturated rings. The number of nitro groups is 1. The fraction of sp³-hybridized carbons (Fsp3) is 0.364. The predicted octanol–water partition coefficient (Wildman–Crippen LogP) is 1.71. The Morgan fingerprint density at radius 3 is 3.00 bits per heavy atom. The van der Waals surface area contributed by atoms with E-state index in [0.29, 0.717) is 12.4 Å². The van der Waals surface area contributed by atoms with Crippen LogP contribution in [0.15, 0.2) is 18.2 Å². The highest BCUT2D eigenvalue weighted by Crippen LogP contribution is 2.27. The summed E-state index contributed by atoms with van der Waals surface area (Å²) in [6.45, 7) is 2.50. The van der Waals surface area contributed by atoms with E-state index in [1.807, 2.05) is 6.92 Å². The van der Waals surface area contributed by atoms with Gasteiger partial charge in [-0.15, -0.1) is 5.10 Å². The summed E-state index contributed by atoms with van der Waals surface area (Å²) in [6.07, 6.45) is 0.832. The van der Waals surface area contributed by atoms with Gasteiger partial charge in [-0.05, 0) is 22.9 Å².